The first kappa shape index (κ1) is 20.3. The van der Waals surface area contributed by atoms with Crippen molar-refractivity contribution in [3.05, 3.63) is 59.7 Å². The zero-order chi connectivity index (χ0) is 21.1. The second kappa shape index (κ2) is 8.79. The normalized spacial score (nSPS) is 19.0. The fraction of sp³-hybridized carbons (Fsp3) is 0.409. The number of hydrogen-bond acceptors (Lipinski definition) is 5. The number of benzene rings is 1. The number of hydrogen-bond donors (Lipinski definition) is 1. The first-order valence-corrected chi connectivity index (χ1v) is 10.2. The van der Waals surface area contributed by atoms with Crippen molar-refractivity contribution in [2.45, 2.75) is 44.4 Å². The van der Waals surface area contributed by atoms with Gasteiger partial charge < -0.3 is 15.0 Å². The van der Waals surface area contributed by atoms with Crippen LogP contribution >= 0.6 is 0 Å². The summed E-state index contributed by atoms with van der Waals surface area (Å²) in [5.74, 6) is 0.254. The predicted molar refractivity (Wildman–Crippen MR) is 112 cm³/mol. The van der Waals surface area contributed by atoms with Crippen LogP contribution in [0.1, 0.15) is 41.6 Å². The summed E-state index contributed by atoms with van der Waals surface area (Å²) in [6.07, 6.45) is 7.31. The highest BCUT2D eigenvalue weighted by molar-refractivity contribution is 5.99. The number of fused-ring (bicyclic) bond motifs is 1. The zero-order valence-corrected chi connectivity index (χ0v) is 17.2. The Balaban J connectivity index is 1.49. The molecule has 0 bridgehead atoms. The van der Waals surface area contributed by atoms with Crippen LogP contribution in [0.25, 0.3) is 5.65 Å². The van der Waals surface area contributed by atoms with Crippen molar-refractivity contribution in [1.82, 2.24) is 19.9 Å². The maximum atomic E-state index is 13.5. The Kier molecular flexibility index (Phi) is 5.94. The third-order valence-corrected chi connectivity index (χ3v) is 5.64. The van der Waals surface area contributed by atoms with E-state index in [9.17, 15) is 9.18 Å². The summed E-state index contributed by atoms with van der Waals surface area (Å²) in [5, 5.41) is 7.37. The molecule has 1 aromatic carbocycles. The van der Waals surface area contributed by atoms with E-state index in [2.05, 4.69) is 15.4 Å². The van der Waals surface area contributed by atoms with Gasteiger partial charge in [-0.25, -0.2) is 13.9 Å². The molecule has 3 aromatic rings. The second-order valence-electron chi connectivity index (χ2n) is 7.78. The molecule has 1 amide bonds. The number of aromatic nitrogens is 3. The van der Waals surface area contributed by atoms with E-state index in [0.29, 0.717) is 23.6 Å². The largest absolute Gasteiger partial charge is 0.381 e. The Morgan fingerprint density at radius 1 is 1.30 bits per heavy atom. The van der Waals surface area contributed by atoms with Crippen molar-refractivity contribution in [3.8, 4) is 0 Å². The van der Waals surface area contributed by atoms with Gasteiger partial charge in [0.25, 0.3) is 5.91 Å². The lowest BCUT2D eigenvalue weighted by atomic mass is 9.93. The van der Waals surface area contributed by atoms with Gasteiger partial charge in [-0.2, -0.15) is 5.10 Å². The Morgan fingerprint density at radius 2 is 2.10 bits per heavy atom. The summed E-state index contributed by atoms with van der Waals surface area (Å²) < 4.78 is 20.5. The average Bonchev–Trinajstić information content (AvgIpc) is 3.17. The summed E-state index contributed by atoms with van der Waals surface area (Å²) in [7, 11) is 3.62. The maximum absolute atomic E-state index is 13.5. The molecule has 0 aliphatic heterocycles. The molecular formula is C22H26FN5O2. The number of ether oxygens (including phenoxy) is 1. The predicted octanol–water partition coefficient (Wildman–Crippen LogP) is 3.19. The molecule has 1 aliphatic rings. The Labute approximate surface area is 174 Å². The standard InChI is InChI=1S/C22H26FN5O2/c1-27(14-15-4-3-5-16(23)12-15)20-10-11-28-21(26-20)19(13-24-28)22(29)25-17-6-8-18(30-2)9-7-17/h3-5,10-13,17-18H,6-9,14H2,1-2H3,(H,25,29). The monoisotopic (exact) mass is 411 g/mol. The minimum Gasteiger partial charge on any atom is -0.381 e. The summed E-state index contributed by atoms with van der Waals surface area (Å²) in [4.78, 5) is 19.4. The van der Waals surface area contributed by atoms with Crippen LogP contribution < -0.4 is 10.2 Å². The first-order valence-electron chi connectivity index (χ1n) is 10.2. The molecule has 158 valence electrons. The van der Waals surface area contributed by atoms with Crippen LogP contribution in [0.5, 0.6) is 0 Å². The van der Waals surface area contributed by atoms with E-state index in [0.717, 1.165) is 31.2 Å². The average molecular weight is 411 g/mol. The minimum atomic E-state index is -0.265. The summed E-state index contributed by atoms with van der Waals surface area (Å²) in [6, 6.07) is 8.45. The lowest BCUT2D eigenvalue weighted by Gasteiger charge is -2.28. The fourth-order valence-corrected chi connectivity index (χ4v) is 3.93. The molecule has 1 aliphatic carbocycles. The number of halogens is 1. The van der Waals surface area contributed by atoms with Crippen LogP contribution in [0, 0.1) is 5.82 Å². The topological polar surface area (TPSA) is 71.8 Å². The van der Waals surface area contributed by atoms with E-state index in [1.54, 1.807) is 30.1 Å². The zero-order valence-electron chi connectivity index (χ0n) is 17.2. The molecule has 1 saturated carbocycles. The van der Waals surface area contributed by atoms with Gasteiger partial charge in [-0.15, -0.1) is 0 Å². The number of nitrogens with zero attached hydrogens (tertiary/aromatic N) is 4. The molecule has 8 heteroatoms. The number of methoxy groups -OCH3 is 1. The molecule has 7 nitrogen and oxygen atoms in total. The van der Waals surface area contributed by atoms with Gasteiger partial charge in [-0.05, 0) is 49.4 Å². The maximum Gasteiger partial charge on any atom is 0.256 e. The molecule has 0 spiro atoms. The first-order chi connectivity index (χ1) is 14.5. The third kappa shape index (κ3) is 4.43. The molecule has 2 heterocycles. The van der Waals surface area contributed by atoms with Gasteiger partial charge in [0.2, 0.25) is 0 Å². The smallest absolute Gasteiger partial charge is 0.256 e. The van der Waals surface area contributed by atoms with Crippen molar-refractivity contribution in [1.29, 1.82) is 0 Å². The minimum absolute atomic E-state index is 0.137. The van der Waals surface area contributed by atoms with Crippen molar-refractivity contribution >= 4 is 17.4 Å². The SMILES string of the molecule is COC1CCC(NC(=O)c2cnn3ccc(N(C)Cc4cccc(F)c4)nc23)CC1. The Hall–Kier alpha value is -3.00. The van der Waals surface area contributed by atoms with Crippen LogP contribution in [-0.2, 0) is 11.3 Å². The molecule has 0 saturated heterocycles. The Morgan fingerprint density at radius 3 is 2.83 bits per heavy atom. The summed E-state index contributed by atoms with van der Waals surface area (Å²) in [6.45, 7) is 0.499. The molecule has 1 fully saturated rings. The van der Waals surface area contributed by atoms with E-state index >= 15 is 0 Å². The lowest BCUT2D eigenvalue weighted by molar-refractivity contribution is 0.0599. The van der Waals surface area contributed by atoms with E-state index in [4.69, 9.17) is 4.74 Å². The second-order valence-corrected chi connectivity index (χ2v) is 7.78. The molecule has 4 rings (SSSR count). The highest BCUT2D eigenvalue weighted by Crippen LogP contribution is 2.22. The number of nitrogens with one attached hydrogen (secondary N) is 1. The van der Waals surface area contributed by atoms with Gasteiger partial charge in [0.05, 0.1) is 12.3 Å². The summed E-state index contributed by atoms with van der Waals surface area (Å²) >= 11 is 0. The molecule has 2 aromatic heterocycles. The van der Waals surface area contributed by atoms with Crippen LogP contribution in [-0.4, -0.2) is 46.8 Å². The molecule has 0 radical (unpaired) electrons. The Bertz CT molecular complexity index is 1030. The van der Waals surface area contributed by atoms with Crippen molar-refractivity contribution in [2.75, 3.05) is 19.1 Å². The van der Waals surface area contributed by atoms with E-state index in [1.807, 2.05) is 24.1 Å². The van der Waals surface area contributed by atoms with Crippen molar-refractivity contribution < 1.29 is 13.9 Å². The third-order valence-electron chi connectivity index (χ3n) is 5.64. The van der Waals surface area contributed by atoms with Crippen molar-refractivity contribution in [3.63, 3.8) is 0 Å². The van der Waals surface area contributed by atoms with Gasteiger partial charge in [0.15, 0.2) is 5.65 Å². The molecule has 0 unspecified atom stereocenters. The molecule has 30 heavy (non-hydrogen) atoms. The van der Waals surface area contributed by atoms with Gasteiger partial charge in [-0.1, -0.05) is 12.1 Å². The van der Waals surface area contributed by atoms with Gasteiger partial charge >= 0.3 is 0 Å². The molecule has 0 atom stereocenters. The lowest BCUT2D eigenvalue weighted by Crippen LogP contribution is -2.38. The number of rotatable bonds is 6. The number of carbonyl (C=O) groups excluding carboxylic acids is 1. The van der Waals surface area contributed by atoms with Gasteiger partial charge in [0.1, 0.15) is 17.2 Å². The van der Waals surface area contributed by atoms with Crippen LogP contribution in [0.4, 0.5) is 10.2 Å². The van der Waals surface area contributed by atoms with E-state index in [1.165, 1.54) is 12.1 Å². The number of anilines is 1. The highest BCUT2D eigenvalue weighted by Gasteiger charge is 2.24. The molecule has 1 N–H and O–H groups in total. The van der Waals surface area contributed by atoms with Crippen LogP contribution in [0.3, 0.4) is 0 Å². The molecular weight excluding hydrogens is 385 g/mol. The van der Waals surface area contributed by atoms with Crippen LogP contribution in [0.15, 0.2) is 42.7 Å². The fourth-order valence-electron chi connectivity index (χ4n) is 3.93. The van der Waals surface area contributed by atoms with Gasteiger partial charge in [0, 0.05) is 32.9 Å². The van der Waals surface area contributed by atoms with E-state index in [-0.39, 0.29) is 23.9 Å². The van der Waals surface area contributed by atoms with E-state index < -0.39 is 0 Å². The number of carbonyl (C=O) groups is 1. The summed E-state index contributed by atoms with van der Waals surface area (Å²) in [5.41, 5.74) is 1.80. The van der Waals surface area contributed by atoms with Gasteiger partial charge in [-0.3, -0.25) is 4.79 Å². The number of amides is 1. The quantitative estimate of drug-likeness (QED) is 0.675. The van der Waals surface area contributed by atoms with Crippen LogP contribution in [0.2, 0.25) is 0 Å². The highest BCUT2D eigenvalue weighted by atomic mass is 19.1. The van der Waals surface area contributed by atoms with Crippen molar-refractivity contribution in [2.24, 2.45) is 0 Å².